The van der Waals surface area contributed by atoms with Crippen molar-refractivity contribution in [2.24, 2.45) is 11.7 Å². The molecule has 0 heterocycles. The van der Waals surface area contributed by atoms with Crippen LogP contribution in [-0.4, -0.2) is 37.7 Å². The number of nitrogens with two attached hydrogens (primary N) is 1. The molecule has 0 saturated heterocycles. The van der Waals surface area contributed by atoms with Crippen molar-refractivity contribution in [3.63, 3.8) is 0 Å². The van der Waals surface area contributed by atoms with Gasteiger partial charge in [0.05, 0.1) is 19.3 Å². The SMILES string of the molecule is CCOc1cc(C(=O)O[C@@H](C(=O)NC(N)=O)C(C)C)ccc1OC. The van der Waals surface area contributed by atoms with Gasteiger partial charge in [0.25, 0.3) is 5.91 Å². The number of urea groups is 1. The first-order chi connectivity index (χ1) is 11.3. The topological polar surface area (TPSA) is 117 Å². The molecule has 0 spiro atoms. The van der Waals surface area contributed by atoms with Gasteiger partial charge in [0, 0.05) is 0 Å². The summed E-state index contributed by atoms with van der Waals surface area (Å²) in [4.78, 5) is 35.0. The number of hydrogen-bond donors (Lipinski definition) is 2. The van der Waals surface area contributed by atoms with Gasteiger partial charge >= 0.3 is 12.0 Å². The molecule has 0 bridgehead atoms. The molecule has 0 unspecified atom stereocenters. The Hall–Kier alpha value is -2.77. The van der Waals surface area contributed by atoms with Crippen LogP contribution in [0.15, 0.2) is 18.2 Å². The van der Waals surface area contributed by atoms with Crippen LogP contribution in [0.1, 0.15) is 31.1 Å². The third-order valence-electron chi connectivity index (χ3n) is 3.04. The summed E-state index contributed by atoms with van der Waals surface area (Å²) >= 11 is 0. The fourth-order valence-corrected chi connectivity index (χ4v) is 1.94. The number of carbonyl (C=O) groups is 3. The first-order valence-electron chi connectivity index (χ1n) is 7.42. The number of amides is 3. The Labute approximate surface area is 140 Å². The molecular weight excluding hydrogens is 316 g/mol. The summed E-state index contributed by atoms with van der Waals surface area (Å²) < 4.78 is 15.8. The number of ether oxygens (including phenoxy) is 3. The zero-order chi connectivity index (χ0) is 18.3. The molecule has 0 fully saturated rings. The lowest BCUT2D eigenvalue weighted by atomic mass is 10.1. The Morgan fingerprint density at radius 2 is 1.88 bits per heavy atom. The van der Waals surface area contributed by atoms with E-state index >= 15 is 0 Å². The van der Waals surface area contributed by atoms with Crippen molar-refractivity contribution in [2.45, 2.75) is 26.9 Å². The van der Waals surface area contributed by atoms with Gasteiger partial charge in [0.2, 0.25) is 0 Å². The maximum atomic E-state index is 12.3. The van der Waals surface area contributed by atoms with E-state index in [4.69, 9.17) is 19.9 Å². The summed E-state index contributed by atoms with van der Waals surface area (Å²) in [5.74, 6) is -0.989. The monoisotopic (exact) mass is 338 g/mol. The van der Waals surface area contributed by atoms with E-state index in [1.807, 2.05) is 5.32 Å². The zero-order valence-electron chi connectivity index (χ0n) is 14.1. The smallest absolute Gasteiger partial charge is 0.339 e. The summed E-state index contributed by atoms with van der Waals surface area (Å²) in [6.45, 7) is 5.55. The van der Waals surface area contributed by atoms with Crippen molar-refractivity contribution in [2.75, 3.05) is 13.7 Å². The summed E-state index contributed by atoms with van der Waals surface area (Å²) in [7, 11) is 1.48. The molecular formula is C16H22N2O6. The van der Waals surface area contributed by atoms with Crippen LogP contribution in [0.2, 0.25) is 0 Å². The van der Waals surface area contributed by atoms with E-state index in [0.29, 0.717) is 18.1 Å². The molecule has 3 N–H and O–H groups in total. The number of esters is 1. The van der Waals surface area contributed by atoms with E-state index < -0.39 is 24.0 Å². The Bertz CT molecular complexity index is 615. The van der Waals surface area contributed by atoms with E-state index in [0.717, 1.165) is 0 Å². The zero-order valence-corrected chi connectivity index (χ0v) is 14.1. The molecule has 1 rings (SSSR count). The van der Waals surface area contributed by atoms with Gasteiger partial charge in [-0.25, -0.2) is 9.59 Å². The minimum absolute atomic E-state index is 0.191. The second kappa shape index (κ2) is 8.76. The molecule has 0 aromatic heterocycles. The quantitative estimate of drug-likeness (QED) is 0.727. The Morgan fingerprint density at radius 3 is 2.38 bits per heavy atom. The number of hydrogen-bond acceptors (Lipinski definition) is 6. The fraction of sp³-hybridized carbons (Fsp3) is 0.438. The van der Waals surface area contributed by atoms with Crippen LogP contribution >= 0.6 is 0 Å². The number of rotatable bonds is 7. The molecule has 0 saturated carbocycles. The largest absolute Gasteiger partial charge is 0.493 e. The van der Waals surface area contributed by atoms with E-state index in [1.165, 1.54) is 19.2 Å². The summed E-state index contributed by atoms with van der Waals surface area (Å²) in [6.07, 6.45) is -1.15. The standard InChI is InChI=1S/C16H22N2O6/c1-5-23-12-8-10(6-7-11(12)22-4)15(20)24-13(9(2)3)14(19)18-16(17)21/h6-9,13H,5H2,1-4H3,(H3,17,18,19,21)/t13-/m1/s1. The van der Waals surface area contributed by atoms with Crippen molar-refractivity contribution in [3.05, 3.63) is 23.8 Å². The number of carbonyl (C=O) groups excluding carboxylic acids is 3. The first-order valence-corrected chi connectivity index (χ1v) is 7.42. The van der Waals surface area contributed by atoms with Crippen LogP contribution in [0.3, 0.4) is 0 Å². The number of nitrogens with one attached hydrogen (secondary N) is 1. The van der Waals surface area contributed by atoms with Crippen molar-refractivity contribution < 1.29 is 28.6 Å². The highest BCUT2D eigenvalue weighted by atomic mass is 16.5. The molecule has 0 radical (unpaired) electrons. The van der Waals surface area contributed by atoms with Crippen LogP contribution in [0, 0.1) is 5.92 Å². The van der Waals surface area contributed by atoms with E-state index in [-0.39, 0.29) is 11.5 Å². The maximum absolute atomic E-state index is 12.3. The third-order valence-corrected chi connectivity index (χ3v) is 3.04. The Kier molecular flexibility index (Phi) is 7.03. The molecule has 0 aliphatic heterocycles. The normalized spacial score (nSPS) is 11.5. The summed E-state index contributed by atoms with van der Waals surface area (Å²) in [5, 5.41) is 1.91. The molecule has 8 heteroatoms. The number of imide groups is 1. The molecule has 1 atom stereocenters. The average Bonchev–Trinajstić information content (AvgIpc) is 2.51. The molecule has 24 heavy (non-hydrogen) atoms. The number of benzene rings is 1. The third kappa shape index (κ3) is 5.15. The van der Waals surface area contributed by atoms with Gasteiger partial charge in [0.1, 0.15) is 0 Å². The van der Waals surface area contributed by atoms with Gasteiger partial charge in [0.15, 0.2) is 17.6 Å². The second-order valence-corrected chi connectivity index (χ2v) is 5.22. The first kappa shape index (κ1) is 19.3. The fourth-order valence-electron chi connectivity index (χ4n) is 1.94. The van der Waals surface area contributed by atoms with Crippen LogP contribution in [0.5, 0.6) is 11.5 Å². The maximum Gasteiger partial charge on any atom is 0.339 e. The molecule has 0 aliphatic rings. The van der Waals surface area contributed by atoms with Gasteiger partial charge in [-0.15, -0.1) is 0 Å². The molecule has 3 amide bonds. The summed E-state index contributed by atoms with van der Waals surface area (Å²) in [6, 6.07) is 3.51. The van der Waals surface area contributed by atoms with Gasteiger partial charge in [-0.1, -0.05) is 13.8 Å². The van der Waals surface area contributed by atoms with E-state index in [9.17, 15) is 14.4 Å². The Morgan fingerprint density at radius 1 is 1.21 bits per heavy atom. The van der Waals surface area contributed by atoms with Crippen LogP contribution in [-0.2, 0) is 9.53 Å². The lowest BCUT2D eigenvalue weighted by Gasteiger charge is -2.20. The molecule has 132 valence electrons. The lowest BCUT2D eigenvalue weighted by molar-refractivity contribution is -0.130. The Balaban J connectivity index is 2.97. The van der Waals surface area contributed by atoms with Crippen LogP contribution in [0.25, 0.3) is 0 Å². The minimum atomic E-state index is -1.15. The predicted octanol–water partition coefficient (Wildman–Crippen LogP) is 1.47. The van der Waals surface area contributed by atoms with Gasteiger partial charge in [-0.3, -0.25) is 10.1 Å². The van der Waals surface area contributed by atoms with Gasteiger partial charge < -0.3 is 19.9 Å². The highest BCUT2D eigenvalue weighted by Gasteiger charge is 2.28. The van der Waals surface area contributed by atoms with Crippen LogP contribution in [0.4, 0.5) is 4.79 Å². The molecule has 8 nitrogen and oxygen atoms in total. The van der Waals surface area contributed by atoms with Gasteiger partial charge in [-0.2, -0.15) is 0 Å². The van der Waals surface area contributed by atoms with Crippen molar-refractivity contribution in [1.82, 2.24) is 5.32 Å². The second-order valence-electron chi connectivity index (χ2n) is 5.22. The minimum Gasteiger partial charge on any atom is -0.493 e. The van der Waals surface area contributed by atoms with Crippen molar-refractivity contribution in [3.8, 4) is 11.5 Å². The van der Waals surface area contributed by atoms with E-state index in [2.05, 4.69) is 0 Å². The lowest BCUT2D eigenvalue weighted by Crippen LogP contribution is -2.45. The average molecular weight is 338 g/mol. The molecule has 0 aliphatic carbocycles. The van der Waals surface area contributed by atoms with Crippen molar-refractivity contribution >= 4 is 17.9 Å². The molecule has 1 aromatic rings. The van der Waals surface area contributed by atoms with Crippen molar-refractivity contribution in [1.29, 1.82) is 0 Å². The number of primary amides is 1. The van der Waals surface area contributed by atoms with Crippen LogP contribution < -0.4 is 20.5 Å². The summed E-state index contributed by atoms with van der Waals surface area (Å²) in [5.41, 5.74) is 5.11. The highest BCUT2D eigenvalue weighted by molar-refractivity contribution is 5.98. The number of methoxy groups -OCH3 is 1. The predicted molar refractivity (Wildman–Crippen MR) is 85.9 cm³/mol. The highest BCUT2D eigenvalue weighted by Crippen LogP contribution is 2.28. The molecule has 1 aromatic carbocycles. The van der Waals surface area contributed by atoms with E-state index in [1.54, 1.807) is 26.8 Å². The van der Waals surface area contributed by atoms with Gasteiger partial charge in [-0.05, 0) is 31.0 Å².